The first-order chi connectivity index (χ1) is 12.7. The Balaban J connectivity index is 7.61. The van der Waals surface area contributed by atoms with Gasteiger partial charge in [-0.25, -0.2) is 0 Å². The van der Waals surface area contributed by atoms with Gasteiger partial charge in [-0.1, -0.05) is 0 Å². The van der Waals surface area contributed by atoms with E-state index in [1.807, 2.05) is 0 Å². The van der Waals surface area contributed by atoms with Gasteiger partial charge in [-0.15, -0.1) is 0 Å². The summed E-state index contributed by atoms with van der Waals surface area (Å²) in [4.78, 5) is 0. The lowest BCUT2D eigenvalue weighted by atomic mass is 11.3. The quantitative estimate of drug-likeness (QED) is 0.257. The van der Waals surface area contributed by atoms with Crippen LogP contribution in [0.15, 0.2) is 0 Å². The van der Waals surface area contributed by atoms with Gasteiger partial charge >= 0.3 is 0 Å². The van der Waals surface area contributed by atoms with E-state index in [4.69, 9.17) is 0 Å². The zero-order chi connectivity index (χ0) is 22.7. The third-order valence-electron chi connectivity index (χ3n) is 6.79. The van der Waals surface area contributed by atoms with Crippen LogP contribution in [0.1, 0.15) is 0 Å². The smallest absolute Gasteiger partial charge is 0.275 e. The molecular weight excluding hydrogens is 447 g/mol. The number of rotatable bonds is 12. The molecule has 0 aliphatic carbocycles. The second-order valence-electron chi connectivity index (χ2n) is 9.09. The molecule has 28 heavy (non-hydrogen) atoms. The fourth-order valence-electron chi connectivity index (χ4n) is 5.63. The summed E-state index contributed by atoms with van der Waals surface area (Å²) in [6, 6.07) is 0. The highest BCUT2D eigenvalue weighted by Crippen LogP contribution is 2.37. The fourth-order valence-corrected chi connectivity index (χ4v) is 52.0. The van der Waals surface area contributed by atoms with Gasteiger partial charge < -0.3 is 27.4 Å². The van der Waals surface area contributed by atoms with Gasteiger partial charge in [0.2, 0.25) is 0 Å². The lowest BCUT2D eigenvalue weighted by Gasteiger charge is -2.67. The Morgan fingerprint density at radius 2 is 0.536 bits per heavy atom. The minimum atomic E-state index is -2.05. The van der Waals surface area contributed by atoms with E-state index in [0.29, 0.717) is 0 Å². The summed E-state index contributed by atoms with van der Waals surface area (Å²) in [5, 5.41) is 0. The Labute approximate surface area is 189 Å². The first-order valence-electron chi connectivity index (χ1n) is 10.6. The molecule has 7 nitrogen and oxygen atoms in total. The van der Waals surface area contributed by atoms with Crippen LogP contribution >= 0.6 is 0 Å². The van der Waals surface area contributed by atoms with Crippen LogP contribution in [-0.4, -0.2) is 172 Å². The third kappa shape index (κ3) is 4.46. The fraction of sp³-hybridized carbons (Fsp3) is 1.00. The molecule has 0 aromatic carbocycles. The molecule has 13 heteroatoms. The van der Waals surface area contributed by atoms with Crippen molar-refractivity contribution < 1.29 is 0 Å². The van der Waals surface area contributed by atoms with Gasteiger partial charge in [-0.05, 0) is 102 Å². The van der Waals surface area contributed by atoms with Crippen LogP contribution in [0.4, 0.5) is 0 Å². The van der Waals surface area contributed by atoms with Crippen molar-refractivity contribution >= 4 is 56.4 Å². The van der Waals surface area contributed by atoms with Crippen LogP contribution in [0.2, 0.25) is 17.0 Å². The average molecular weight is 498 g/mol. The number of hydrogen-bond donors (Lipinski definition) is 0. The van der Waals surface area contributed by atoms with Crippen molar-refractivity contribution in [3.05, 3.63) is 0 Å². The van der Waals surface area contributed by atoms with Gasteiger partial charge in [0.05, 0.1) is 0 Å². The molecule has 0 aliphatic rings. The molecule has 0 atom stereocenters. The van der Waals surface area contributed by atoms with Gasteiger partial charge in [0, 0.05) is 30.7 Å². The van der Waals surface area contributed by atoms with E-state index >= 15 is 0 Å². The molecule has 0 unspecified atom stereocenters. The molecule has 0 amide bonds. The standard InChI is InChI=1S/C15H51N7Si6/c1-16(2)26(13-23,17(3)4)22(27(14-24,18(5)6)19(7)8)28(15-25,20(9)10)21(11)12/h13-15H2,1-12,23-25H3. The lowest BCUT2D eigenvalue weighted by molar-refractivity contribution is 0.337. The van der Waals surface area contributed by atoms with Gasteiger partial charge in [0.1, 0.15) is 0 Å². The lowest BCUT2D eigenvalue weighted by Crippen LogP contribution is -2.94. The van der Waals surface area contributed by atoms with Crippen LogP contribution in [0.3, 0.4) is 0 Å². The second-order valence-corrected chi connectivity index (χ2v) is 30.3. The normalized spacial score (nSPS) is 15.1. The molecule has 0 rings (SSSR count). The first kappa shape index (κ1) is 29.0. The Morgan fingerprint density at radius 3 is 0.607 bits per heavy atom. The Bertz CT molecular complexity index is 385. The van der Waals surface area contributed by atoms with Crippen molar-refractivity contribution in [2.75, 3.05) is 84.6 Å². The van der Waals surface area contributed by atoms with Crippen molar-refractivity contribution in [2.24, 2.45) is 0 Å². The summed E-state index contributed by atoms with van der Waals surface area (Å²) >= 11 is 0. The molecule has 0 heterocycles. The molecule has 170 valence electrons. The van der Waals surface area contributed by atoms with E-state index < -0.39 is 25.7 Å². The number of hydrogen-bond acceptors (Lipinski definition) is 7. The van der Waals surface area contributed by atoms with Gasteiger partial charge in [0.15, 0.2) is 0 Å². The molecule has 0 aliphatic heterocycles. The van der Waals surface area contributed by atoms with E-state index in [-0.39, 0.29) is 0 Å². The maximum atomic E-state index is 3.25. The summed E-state index contributed by atoms with van der Waals surface area (Å²) in [5.41, 5.74) is 4.01. The summed E-state index contributed by atoms with van der Waals surface area (Å²) in [7, 11) is 25.8. The predicted octanol–water partition coefficient (Wildman–Crippen LogP) is -3.56. The SMILES string of the molecule is CN(C)[Si](C[SiH3])(N(C)C)N([Si](C[SiH3])(N(C)C)N(C)C)[Si](C[SiH3])(N(C)C)N(C)C. The highest BCUT2D eigenvalue weighted by molar-refractivity contribution is 7.04. The van der Waals surface area contributed by atoms with E-state index in [9.17, 15) is 0 Å². The zero-order valence-electron chi connectivity index (χ0n) is 21.8. The van der Waals surface area contributed by atoms with Gasteiger partial charge in [-0.3, -0.25) is 3.90 Å². The minimum Gasteiger partial charge on any atom is -0.306 e. The first-order valence-corrected chi connectivity index (χ1v) is 20.9. The molecule has 0 N–H and O–H groups in total. The van der Waals surface area contributed by atoms with Gasteiger partial charge in [0.25, 0.3) is 25.7 Å². The van der Waals surface area contributed by atoms with Crippen LogP contribution in [-0.2, 0) is 0 Å². The van der Waals surface area contributed by atoms with E-state index in [1.54, 1.807) is 0 Å². The molecule has 0 spiro atoms. The third-order valence-corrected chi connectivity index (χ3v) is 35.4. The molecule has 0 aromatic rings. The van der Waals surface area contributed by atoms with E-state index in [0.717, 1.165) is 0 Å². The largest absolute Gasteiger partial charge is 0.306 e. The summed E-state index contributed by atoms with van der Waals surface area (Å²) in [5.74, 6) is 0. The molecule has 0 bridgehead atoms. The van der Waals surface area contributed by atoms with Crippen molar-refractivity contribution in [2.45, 2.75) is 17.0 Å². The predicted molar refractivity (Wildman–Crippen MR) is 145 cm³/mol. The molecule has 0 aromatic heterocycles. The van der Waals surface area contributed by atoms with Gasteiger partial charge in [-0.2, -0.15) is 0 Å². The average Bonchev–Trinajstić information content (AvgIpc) is 2.55. The van der Waals surface area contributed by atoms with Crippen LogP contribution in [0, 0.1) is 0 Å². The molecule has 0 radical (unpaired) electrons. The Hall–Kier alpha value is 1.02. The van der Waals surface area contributed by atoms with Crippen molar-refractivity contribution in [3.63, 3.8) is 0 Å². The van der Waals surface area contributed by atoms with E-state index in [2.05, 4.69) is 116 Å². The topological polar surface area (TPSA) is 22.7 Å². The highest BCUT2D eigenvalue weighted by atomic mass is 28.5. The maximum Gasteiger partial charge on any atom is 0.275 e. The molecule has 0 saturated carbocycles. The highest BCUT2D eigenvalue weighted by Gasteiger charge is 2.66. The molecule has 0 fully saturated rings. The van der Waals surface area contributed by atoms with Crippen molar-refractivity contribution in [1.82, 2.24) is 31.3 Å². The summed E-state index contributed by atoms with van der Waals surface area (Å²) < 4.78 is 19.2. The number of nitrogens with zero attached hydrogens (tertiary/aromatic N) is 7. The maximum absolute atomic E-state index is 3.25. The summed E-state index contributed by atoms with van der Waals surface area (Å²) in [6.07, 6.45) is 0. The second kappa shape index (κ2) is 11.1. The van der Waals surface area contributed by atoms with Crippen molar-refractivity contribution in [3.8, 4) is 0 Å². The Morgan fingerprint density at radius 1 is 0.393 bits per heavy atom. The minimum absolute atomic E-state index is 1.23. The Kier molecular flexibility index (Phi) is 11.5. The molecule has 0 saturated heterocycles. The summed E-state index contributed by atoms with van der Waals surface area (Å²) in [6.45, 7) is 0. The van der Waals surface area contributed by atoms with Crippen LogP contribution in [0.25, 0.3) is 0 Å². The monoisotopic (exact) mass is 497 g/mol. The van der Waals surface area contributed by atoms with Crippen LogP contribution in [0.5, 0.6) is 0 Å². The van der Waals surface area contributed by atoms with Crippen molar-refractivity contribution in [1.29, 1.82) is 0 Å². The van der Waals surface area contributed by atoms with E-state index in [1.165, 1.54) is 47.7 Å². The van der Waals surface area contributed by atoms with Crippen LogP contribution < -0.4 is 0 Å². The zero-order valence-corrected chi connectivity index (χ0v) is 30.8. The molecular formula is C15H51N7Si6.